The molecule has 1 aliphatic heterocycles. The van der Waals surface area contributed by atoms with E-state index in [0.29, 0.717) is 11.6 Å². The Balaban J connectivity index is 1.61. The lowest BCUT2D eigenvalue weighted by molar-refractivity contribution is 0.0357. The van der Waals surface area contributed by atoms with E-state index < -0.39 is 5.60 Å². The fourth-order valence-electron chi connectivity index (χ4n) is 3.52. The first kappa shape index (κ1) is 16.8. The summed E-state index contributed by atoms with van der Waals surface area (Å²) in [6, 6.07) is 13.9. The number of hydrogen-bond donors (Lipinski definition) is 2. The van der Waals surface area contributed by atoms with Crippen LogP contribution in [0.3, 0.4) is 0 Å². The number of carbonyl (C=O) groups excluding carboxylic acids is 1. The molecule has 1 aromatic carbocycles. The first-order chi connectivity index (χ1) is 11.4. The predicted octanol–water partition coefficient (Wildman–Crippen LogP) is 3.69. The minimum atomic E-state index is -0.624. The highest BCUT2D eigenvalue weighted by Crippen LogP contribution is 2.27. The molecule has 1 saturated heterocycles. The maximum absolute atomic E-state index is 12.7. The molecule has 4 nitrogen and oxygen atoms in total. The second-order valence-electron chi connectivity index (χ2n) is 7.40. The molecule has 0 atom stereocenters. The van der Waals surface area contributed by atoms with E-state index in [2.05, 4.69) is 4.98 Å². The number of benzene rings is 1. The summed E-state index contributed by atoms with van der Waals surface area (Å²) < 4.78 is 0. The van der Waals surface area contributed by atoms with Crippen molar-refractivity contribution >= 4 is 5.91 Å². The number of carbonyl (C=O) groups is 1. The normalized spacial score (nSPS) is 16.4. The van der Waals surface area contributed by atoms with E-state index in [1.54, 1.807) is 0 Å². The Hall–Kier alpha value is -2.07. The van der Waals surface area contributed by atoms with Crippen LogP contribution in [0.4, 0.5) is 0 Å². The number of aromatic nitrogens is 1. The first-order valence-corrected chi connectivity index (χ1v) is 8.68. The molecule has 1 fully saturated rings. The number of nitrogens with zero attached hydrogens (tertiary/aromatic N) is 1. The van der Waals surface area contributed by atoms with Gasteiger partial charge in [0.2, 0.25) is 0 Å². The molecule has 0 spiro atoms. The van der Waals surface area contributed by atoms with Gasteiger partial charge in [-0.25, -0.2) is 0 Å². The van der Waals surface area contributed by atoms with Crippen LogP contribution in [0.5, 0.6) is 0 Å². The third-order valence-electron chi connectivity index (χ3n) is 4.69. The zero-order valence-corrected chi connectivity index (χ0v) is 14.5. The number of nitrogens with one attached hydrogen (secondary N) is 1. The quantitative estimate of drug-likeness (QED) is 0.900. The van der Waals surface area contributed by atoms with Gasteiger partial charge in [-0.05, 0) is 56.7 Å². The fraction of sp³-hybridized carbons (Fsp3) is 0.450. The van der Waals surface area contributed by atoms with Crippen LogP contribution in [-0.2, 0) is 0 Å². The number of likely N-dealkylation sites (tertiary alicyclic amines) is 1. The van der Waals surface area contributed by atoms with Crippen molar-refractivity contribution in [2.24, 2.45) is 5.92 Å². The summed E-state index contributed by atoms with van der Waals surface area (Å²) in [6.07, 6.45) is 2.72. The number of amides is 1. The van der Waals surface area contributed by atoms with E-state index in [9.17, 15) is 9.90 Å². The van der Waals surface area contributed by atoms with Crippen molar-refractivity contribution in [2.75, 3.05) is 13.1 Å². The topological polar surface area (TPSA) is 56.3 Å². The number of hydrogen-bond acceptors (Lipinski definition) is 2. The van der Waals surface area contributed by atoms with Crippen molar-refractivity contribution in [3.8, 4) is 11.3 Å². The van der Waals surface area contributed by atoms with Crippen LogP contribution in [0, 0.1) is 5.92 Å². The second kappa shape index (κ2) is 6.81. The van der Waals surface area contributed by atoms with Gasteiger partial charge in [-0.2, -0.15) is 0 Å². The molecule has 4 heteroatoms. The van der Waals surface area contributed by atoms with E-state index in [1.807, 2.05) is 61.2 Å². The fourth-order valence-corrected chi connectivity index (χ4v) is 3.52. The molecule has 0 saturated carbocycles. The summed E-state index contributed by atoms with van der Waals surface area (Å²) in [5.74, 6) is 0.566. The van der Waals surface area contributed by atoms with Crippen LogP contribution in [-0.4, -0.2) is 39.6 Å². The standard InChI is InChI=1S/C20H26N2O2/c1-20(2,24)14-15-10-12-22(13-11-15)19(23)18-9-8-17(21-18)16-6-4-3-5-7-16/h3-9,15,21,24H,10-14H2,1-2H3. The average molecular weight is 326 g/mol. The maximum atomic E-state index is 12.7. The smallest absolute Gasteiger partial charge is 0.270 e. The average Bonchev–Trinajstić information content (AvgIpc) is 3.04. The maximum Gasteiger partial charge on any atom is 0.270 e. The van der Waals surface area contributed by atoms with Gasteiger partial charge in [0, 0.05) is 18.8 Å². The molecule has 0 unspecified atom stereocenters. The predicted molar refractivity (Wildman–Crippen MR) is 95.8 cm³/mol. The number of aromatic amines is 1. The largest absolute Gasteiger partial charge is 0.390 e. The van der Waals surface area contributed by atoms with Crippen LogP contribution in [0.1, 0.15) is 43.6 Å². The van der Waals surface area contributed by atoms with E-state index in [4.69, 9.17) is 0 Å². The monoisotopic (exact) mass is 326 g/mol. The summed E-state index contributed by atoms with van der Waals surface area (Å²) in [4.78, 5) is 17.8. The highest BCUT2D eigenvalue weighted by atomic mass is 16.3. The molecular weight excluding hydrogens is 300 g/mol. The molecule has 0 radical (unpaired) electrons. The minimum Gasteiger partial charge on any atom is -0.390 e. The van der Waals surface area contributed by atoms with E-state index in [-0.39, 0.29) is 5.91 Å². The SMILES string of the molecule is CC(C)(O)CC1CCN(C(=O)c2ccc(-c3ccccc3)[nH]2)CC1. The van der Waals surface area contributed by atoms with E-state index in [1.165, 1.54) is 0 Å². The molecule has 2 aromatic rings. The molecule has 1 aliphatic rings. The van der Waals surface area contributed by atoms with Gasteiger partial charge >= 0.3 is 0 Å². The van der Waals surface area contributed by atoms with Gasteiger partial charge < -0.3 is 15.0 Å². The third-order valence-corrected chi connectivity index (χ3v) is 4.69. The molecule has 0 bridgehead atoms. The summed E-state index contributed by atoms with van der Waals surface area (Å²) in [6.45, 7) is 5.24. The highest BCUT2D eigenvalue weighted by molar-refractivity contribution is 5.93. The van der Waals surface area contributed by atoms with Crippen molar-refractivity contribution in [2.45, 2.75) is 38.7 Å². The van der Waals surface area contributed by atoms with E-state index >= 15 is 0 Å². The van der Waals surface area contributed by atoms with Gasteiger partial charge in [0.1, 0.15) is 5.69 Å². The summed E-state index contributed by atoms with van der Waals surface area (Å²) in [5.41, 5.74) is 2.08. The number of piperidine rings is 1. The van der Waals surface area contributed by atoms with Crippen LogP contribution in [0.25, 0.3) is 11.3 Å². The molecule has 1 amide bonds. The molecule has 1 aromatic heterocycles. The van der Waals surface area contributed by atoms with Crippen molar-refractivity contribution in [3.05, 3.63) is 48.2 Å². The molecular formula is C20H26N2O2. The Labute approximate surface area is 143 Å². The van der Waals surface area contributed by atoms with Gasteiger partial charge in [-0.1, -0.05) is 30.3 Å². The van der Waals surface area contributed by atoms with Crippen LogP contribution in [0.2, 0.25) is 0 Å². The van der Waals surface area contributed by atoms with Crippen molar-refractivity contribution in [1.82, 2.24) is 9.88 Å². The zero-order valence-electron chi connectivity index (χ0n) is 14.5. The molecule has 3 rings (SSSR count). The Morgan fingerprint density at radius 1 is 1.17 bits per heavy atom. The zero-order chi connectivity index (χ0) is 17.2. The Bertz CT molecular complexity index is 677. The molecule has 128 valence electrons. The van der Waals surface area contributed by atoms with E-state index in [0.717, 1.165) is 43.6 Å². The lowest BCUT2D eigenvalue weighted by atomic mass is 9.86. The van der Waals surface area contributed by atoms with Gasteiger partial charge in [-0.3, -0.25) is 4.79 Å². The van der Waals surface area contributed by atoms with Crippen LogP contribution >= 0.6 is 0 Å². The highest BCUT2D eigenvalue weighted by Gasteiger charge is 2.27. The molecule has 0 aliphatic carbocycles. The molecule has 2 N–H and O–H groups in total. The first-order valence-electron chi connectivity index (χ1n) is 8.68. The lowest BCUT2D eigenvalue weighted by Crippen LogP contribution is -2.40. The Morgan fingerprint density at radius 3 is 2.46 bits per heavy atom. The lowest BCUT2D eigenvalue weighted by Gasteiger charge is -2.34. The Kier molecular flexibility index (Phi) is 4.76. The minimum absolute atomic E-state index is 0.0684. The van der Waals surface area contributed by atoms with Crippen molar-refractivity contribution in [3.63, 3.8) is 0 Å². The van der Waals surface area contributed by atoms with Crippen molar-refractivity contribution < 1.29 is 9.90 Å². The van der Waals surface area contributed by atoms with Crippen molar-refractivity contribution in [1.29, 1.82) is 0 Å². The van der Waals surface area contributed by atoms with Gasteiger partial charge in [0.25, 0.3) is 5.91 Å². The summed E-state index contributed by atoms with van der Waals surface area (Å²) in [7, 11) is 0. The second-order valence-corrected chi connectivity index (χ2v) is 7.40. The molecule has 24 heavy (non-hydrogen) atoms. The van der Waals surface area contributed by atoms with Gasteiger partial charge in [0.15, 0.2) is 0 Å². The number of H-pyrrole nitrogens is 1. The van der Waals surface area contributed by atoms with Gasteiger partial charge in [0.05, 0.1) is 5.60 Å². The summed E-state index contributed by atoms with van der Waals surface area (Å²) in [5, 5.41) is 9.95. The van der Waals surface area contributed by atoms with Gasteiger partial charge in [-0.15, -0.1) is 0 Å². The summed E-state index contributed by atoms with van der Waals surface area (Å²) >= 11 is 0. The number of aliphatic hydroxyl groups is 1. The van der Waals surface area contributed by atoms with Crippen LogP contribution < -0.4 is 0 Å². The van der Waals surface area contributed by atoms with Crippen LogP contribution in [0.15, 0.2) is 42.5 Å². The molecule has 2 heterocycles. The Morgan fingerprint density at radius 2 is 1.83 bits per heavy atom. The number of rotatable bonds is 4. The third kappa shape index (κ3) is 4.06.